The number of Topliss-reactive ketones (excluding diaryl/α,β-unsaturated/α-hetero) is 1. The maximum atomic E-state index is 11.1. The van der Waals surface area contributed by atoms with Crippen molar-refractivity contribution in [2.75, 3.05) is 0 Å². The molecular weight excluding hydrogens is 136 g/mol. The van der Waals surface area contributed by atoms with Crippen LogP contribution in [0.15, 0.2) is 12.7 Å². The highest BCUT2D eigenvalue weighted by Gasteiger charge is 2.29. The number of hydrogen-bond donors (Lipinski definition) is 0. The van der Waals surface area contributed by atoms with Crippen molar-refractivity contribution in [2.24, 2.45) is 11.8 Å². The third-order valence-corrected chi connectivity index (χ3v) is 2.65. The predicted molar refractivity (Wildman–Crippen MR) is 46.3 cm³/mol. The van der Waals surface area contributed by atoms with Gasteiger partial charge >= 0.3 is 0 Å². The van der Waals surface area contributed by atoms with Crippen LogP contribution in [0, 0.1) is 11.8 Å². The van der Waals surface area contributed by atoms with E-state index in [0.717, 1.165) is 12.8 Å². The molecule has 0 saturated heterocycles. The second-order valence-corrected chi connectivity index (χ2v) is 3.43. The summed E-state index contributed by atoms with van der Waals surface area (Å²) < 4.78 is 0. The van der Waals surface area contributed by atoms with Crippen LogP contribution in [0.5, 0.6) is 0 Å². The lowest BCUT2D eigenvalue weighted by atomic mass is 9.90. The molecule has 0 radical (unpaired) electrons. The summed E-state index contributed by atoms with van der Waals surface area (Å²) >= 11 is 0. The van der Waals surface area contributed by atoms with E-state index in [1.165, 1.54) is 12.8 Å². The molecule has 0 heterocycles. The molecule has 0 unspecified atom stereocenters. The van der Waals surface area contributed by atoms with Crippen LogP contribution < -0.4 is 0 Å². The molecule has 0 aliphatic heterocycles. The molecule has 0 aromatic heterocycles. The molecule has 1 aliphatic carbocycles. The van der Waals surface area contributed by atoms with Gasteiger partial charge in [0.05, 0.1) is 0 Å². The van der Waals surface area contributed by atoms with Crippen LogP contribution >= 0.6 is 0 Å². The van der Waals surface area contributed by atoms with Gasteiger partial charge in [-0.05, 0) is 32.1 Å². The monoisotopic (exact) mass is 152 g/mol. The molecule has 1 heteroatoms. The Hall–Kier alpha value is -0.590. The summed E-state index contributed by atoms with van der Waals surface area (Å²) in [5.74, 6) is 1.31. The predicted octanol–water partition coefficient (Wildman–Crippen LogP) is 2.57. The quantitative estimate of drug-likeness (QED) is 0.568. The van der Waals surface area contributed by atoms with Crippen molar-refractivity contribution >= 4 is 5.78 Å². The minimum absolute atomic E-state index is 0.341. The fourth-order valence-corrected chi connectivity index (χ4v) is 2.07. The third kappa shape index (κ3) is 1.92. The van der Waals surface area contributed by atoms with Crippen LogP contribution in [0.4, 0.5) is 0 Å². The Balaban J connectivity index is 2.50. The topological polar surface area (TPSA) is 17.1 Å². The second-order valence-electron chi connectivity index (χ2n) is 3.43. The van der Waals surface area contributed by atoms with Gasteiger partial charge in [0.2, 0.25) is 0 Å². The molecule has 0 amide bonds. The van der Waals surface area contributed by atoms with Gasteiger partial charge in [-0.15, -0.1) is 6.58 Å². The van der Waals surface area contributed by atoms with Gasteiger partial charge in [-0.1, -0.05) is 12.5 Å². The lowest BCUT2D eigenvalue weighted by molar-refractivity contribution is -0.121. The van der Waals surface area contributed by atoms with Crippen molar-refractivity contribution < 1.29 is 4.79 Å². The van der Waals surface area contributed by atoms with E-state index in [4.69, 9.17) is 0 Å². The minimum Gasteiger partial charge on any atom is -0.300 e. The summed E-state index contributed by atoms with van der Waals surface area (Å²) in [6, 6.07) is 0. The first-order valence-electron chi connectivity index (χ1n) is 4.37. The molecule has 11 heavy (non-hydrogen) atoms. The molecule has 1 aliphatic rings. The molecule has 0 bridgehead atoms. The van der Waals surface area contributed by atoms with Crippen molar-refractivity contribution in [3.8, 4) is 0 Å². The summed E-state index contributed by atoms with van der Waals surface area (Å²) in [5.41, 5.74) is 0. The molecule has 0 N–H and O–H groups in total. The maximum Gasteiger partial charge on any atom is 0.133 e. The van der Waals surface area contributed by atoms with Gasteiger partial charge in [-0.3, -0.25) is 4.79 Å². The highest BCUT2D eigenvalue weighted by Crippen LogP contribution is 2.34. The van der Waals surface area contributed by atoms with Crippen LogP contribution in [0.3, 0.4) is 0 Å². The fraction of sp³-hybridized carbons (Fsp3) is 0.700. The van der Waals surface area contributed by atoms with E-state index >= 15 is 0 Å². The molecule has 2 atom stereocenters. The Morgan fingerprint density at radius 1 is 1.64 bits per heavy atom. The Bertz CT molecular complexity index is 160. The Morgan fingerprint density at radius 2 is 2.36 bits per heavy atom. The molecule has 1 nitrogen and oxygen atoms in total. The van der Waals surface area contributed by atoms with E-state index in [-0.39, 0.29) is 0 Å². The Morgan fingerprint density at radius 3 is 2.91 bits per heavy atom. The molecule has 0 aromatic carbocycles. The van der Waals surface area contributed by atoms with Crippen LogP contribution in [-0.2, 0) is 4.79 Å². The summed E-state index contributed by atoms with van der Waals surface area (Å²) in [6.07, 6.45) is 6.50. The SMILES string of the molecule is C=CC[C@H]1CCC[C@H]1C(C)=O. The molecule has 0 aromatic rings. The van der Waals surface area contributed by atoms with E-state index in [1.807, 2.05) is 6.08 Å². The first-order valence-corrected chi connectivity index (χ1v) is 4.37. The van der Waals surface area contributed by atoms with Gasteiger partial charge in [0.15, 0.2) is 0 Å². The Kier molecular flexibility index (Phi) is 2.86. The van der Waals surface area contributed by atoms with Gasteiger partial charge in [0.25, 0.3) is 0 Å². The second kappa shape index (κ2) is 3.70. The first kappa shape index (κ1) is 8.51. The standard InChI is InChI=1S/C10H16O/c1-3-5-9-6-4-7-10(9)8(2)11/h3,9-10H,1,4-7H2,2H3/t9-,10-/m0/s1. The summed E-state index contributed by atoms with van der Waals surface area (Å²) in [7, 11) is 0. The number of rotatable bonds is 3. The van der Waals surface area contributed by atoms with Crippen molar-refractivity contribution in [1.29, 1.82) is 0 Å². The first-order chi connectivity index (χ1) is 5.25. The highest BCUT2D eigenvalue weighted by molar-refractivity contribution is 5.78. The molecule has 62 valence electrons. The fourth-order valence-electron chi connectivity index (χ4n) is 2.07. The van der Waals surface area contributed by atoms with Crippen molar-refractivity contribution in [3.05, 3.63) is 12.7 Å². The van der Waals surface area contributed by atoms with Crippen LogP contribution in [0.2, 0.25) is 0 Å². The molecule has 0 spiro atoms. The minimum atomic E-state index is 0.341. The van der Waals surface area contributed by atoms with E-state index in [0.29, 0.717) is 17.6 Å². The molecule has 1 fully saturated rings. The van der Waals surface area contributed by atoms with Crippen LogP contribution in [0.1, 0.15) is 32.6 Å². The normalized spacial score (nSPS) is 30.3. The van der Waals surface area contributed by atoms with Gasteiger partial charge in [-0.25, -0.2) is 0 Å². The lowest BCUT2D eigenvalue weighted by Gasteiger charge is -2.13. The van der Waals surface area contributed by atoms with E-state index < -0.39 is 0 Å². The van der Waals surface area contributed by atoms with Gasteiger partial charge in [0.1, 0.15) is 5.78 Å². The van der Waals surface area contributed by atoms with Crippen LogP contribution in [0.25, 0.3) is 0 Å². The number of allylic oxidation sites excluding steroid dienone is 1. The average molecular weight is 152 g/mol. The van der Waals surface area contributed by atoms with Crippen molar-refractivity contribution in [3.63, 3.8) is 0 Å². The summed E-state index contributed by atoms with van der Waals surface area (Å²) in [4.78, 5) is 11.1. The zero-order chi connectivity index (χ0) is 8.27. The largest absolute Gasteiger partial charge is 0.300 e. The number of hydrogen-bond acceptors (Lipinski definition) is 1. The van der Waals surface area contributed by atoms with Crippen molar-refractivity contribution in [1.82, 2.24) is 0 Å². The van der Waals surface area contributed by atoms with Crippen molar-refractivity contribution in [2.45, 2.75) is 32.6 Å². The van der Waals surface area contributed by atoms with Gasteiger partial charge in [0, 0.05) is 5.92 Å². The Labute approximate surface area is 68.5 Å². The van der Waals surface area contributed by atoms with Crippen LogP contribution in [-0.4, -0.2) is 5.78 Å². The maximum absolute atomic E-state index is 11.1. The van der Waals surface area contributed by atoms with E-state index in [1.54, 1.807) is 6.92 Å². The summed E-state index contributed by atoms with van der Waals surface area (Å²) in [6.45, 7) is 5.42. The van der Waals surface area contributed by atoms with E-state index in [9.17, 15) is 4.79 Å². The highest BCUT2D eigenvalue weighted by atomic mass is 16.1. The molecule has 1 rings (SSSR count). The zero-order valence-corrected chi connectivity index (χ0v) is 7.18. The van der Waals surface area contributed by atoms with Gasteiger partial charge < -0.3 is 0 Å². The molecule has 1 saturated carbocycles. The average Bonchev–Trinajstić information content (AvgIpc) is 2.36. The smallest absolute Gasteiger partial charge is 0.133 e. The third-order valence-electron chi connectivity index (χ3n) is 2.65. The summed E-state index contributed by atoms with van der Waals surface area (Å²) in [5, 5.41) is 0. The number of carbonyl (C=O) groups is 1. The zero-order valence-electron chi connectivity index (χ0n) is 7.18. The lowest BCUT2D eigenvalue weighted by Crippen LogP contribution is -2.15. The van der Waals surface area contributed by atoms with E-state index in [2.05, 4.69) is 6.58 Å². The van der Waals surface area contributed by atoms with Gasteiger partial charge in [-0.2, -0.15) is 0 Å². The number of carbonyl (C=O) groups excluding carboxylic acids is 1. The number of ketones is 1. The molecular formula is C10H16O.